The van der Waals surface area contributed by atoms with Crippen molar-refractivity contribution in [1.82, 2.24) is 4.90 Å². The molecule has 19 heavy (non-hydrogen) atoms. The molecule has 0 fully saturated rings. The highest BCUT2D eigenvalue weighted by atomic mass is 79.9. The Morgan fingerprint density at radius 2 is 2.32 bits per heavy atom. The molecule has 7 heteroatoms. The lowest BCUT2D eigenvalue weighted by atomic mass is 10.2. The van der Waals surface area contributed by atoms with Gasteiger partial charge in [0, 0.05) is 14.2 Å². The van der Waals surface area contributed by atoms with Crippen molar-refractivity contribution >= 4 is 60.5 Å². The Bertz CT molecular complexity index is 587. The second-order valence-corrected chi connectivity index (χ2v) is 8.48. The molecule has 1 atom stereocenters. The van der Waals surface area contributed by atoms with E-state index in [1.54, 1.807) is 22.7 Å². The lowest BCUT2D eigenvalue weighted by Crippen LogP contribution is -2.35. The average molecular weight is 421 g/mol. The lowest BCUT2D eigenvalue weighted by Gasteiger charge is -2.24. The molecule has 2 aromatic heterocycles. The first-order valence-corrected chi connectivity index (χ1v) is 8.97. The molecular formula is C12H11Br2N3S2. The molecule has 0 saturated carbocycles. The normalized spacial score (nSPS) is 18.9. The van der Waals surface area contributed by atoms with Gasteiger partial charge in [-0.15, -0.1) is 22.7 Å². The van der Waals surface area contributed by atoms with Crippen molar-refractivity contribution in [3.8, 4) is 0 Å². The van der Waals surface area contributed by atoms with Gasteiger partial charge >= 0.3 is 0 Å². The van der Waals surface area contributed by atoms with E-state index in [-0.39, 0.29) is 6.04 Å². The molecule has 2 N–H and O–H groups in total. The van der Waals surface area contributed by atoms with Crippen LogP contribution in [0.5, 0.6) is 0 Å². The van der Waals surface area contributed by atoms with Gasteiger partial charge in [-0.1, -0.05) is 6.07 Å². The second-order valence-electron chi connectivity index (χ2n) is 4.19. The Morgan fingerprint density at radius 3 is 2.95 bits per heavy atom. The molecule has 0 aromatic carbocycles. The number of guanidine groups is 1. The van der Waals surface area contributed by atoms with Gasteiger partial charge in [-0.2, -0.15) is 0 Å². The van der Waals surface area contributed by atoms with Crippen LogP contribution in [0.2, 0.25) is 0 Å². The predicted octanol–water partition coefficient (Wildman–Crippen LogP) is 4.21. The summed E-state index contributed by atoms with van der Waals surface area (Å²) in [5, 5.41) is 2.09. The molecule has 0 radical (unpaired) electrons. The van der Waals surface area contributed by atoms with E-state index in [9.17, 15) is 0 Å². The van der Waals surface area contributed by atoms with Gasteiger partial charge in [0.05, 0.1) is 22.9 Å². The van der Waals surface area contributed by atoms with Gasteiger partial charge < -0.3 is 10.6 Å². The first kappa shape index (κ1) is 13.6. The van der Waals surface area contributed by atoms with E-state index < -0.39 is 0 Å². The van der Waals surface area contributed by atoms with E-state index in [2.05, 4.69) is 65.3 Å². The molecule has 100 valence electrons. The minimum absolute atomic E-state index is 0.245. The summed E-state index contributed by atoms with van der Waals surface area (Å²) in [5.74, 6) is 0.638. The molecule has 1 aliphatic rings. The van der Waals surface area contributed by atoms with E-state index in [0.29, 0.717) is 5.96 Å². The molecule has 0 amide bonds. The average Bonchev–Trinajstić information content (AvgIpc) is 3.06. The second kappa shape index (κ2) is 5.55. The number of rotatable bonds is 3. The molecule has 1 aliphatic heterocycles. The van der Waals surface area contributed by atoms with Crippen LogP contribution >= 0.6 is 54.5 Å². The molecule has 0 aliphatic carbocycles. The monoisotopic (exact) mass is 419 g/mol. The SMILES string of the molecule is NC1=NCC(c2cc(Br)c(Br)s2)N1Cc1cccs1. The number of nitrogens with zero attached hydrogens (tertiary/aromatic N) is 2. The van der Waals surface area contributed by atoms with Crippen LogP contribution in [0, 0.1) is 0 Å². The van der Waals surface area contributed by atoms with Crippen molar-refractivity contribution in [2.45, 2.75) is 12.6 Å². The summed E-state index contributed by atoms with van der Waals surface area (Å²) in [6.07, 6.45) is 0. The number of hydrogen-bond acceptors (Lipinski definition) is 5. The number of nitrogens with two attached hydrogens (primary N) is 1. The van der Waals surface area contributed by atoms with Gasteiger partial charge in [-0.3, -0.25) is 4.99 Å². The fraction of sp³-hybridized carbons (Fsp3) is 0.250. The third kappa shape index (κ3) is 2.74. The van der Waals surface area contributed by atoms with Gasteiger partial charge in [0.15, 0.2) is 5.96 Å². The Morgan fingerprint density at radius 1 is 1.47 bits per heavy atom. The Balaban J connectivity index is 1.85. The molecule has 0 saturated heterocycles. The molecular weight excluding hydrogens is 410 g/mol. The first-order chi connectivity index (χ1) is 9.15. The number of aliphatic imine (C=N–C) groups is 1. The minimum Gasteiger partial charge on any atom is -0.370 e. The van der Waals surface area contributed by atoms with Gasteiger partial charge in [0.1, 0.15) is 0 Å². The van der Waals surface area contributed by atoms with E-state index in [1.165, 1.54) is 9.75 Å². The predicted molar refractivity (Wildman–Crippen MR) is 88.8 cm³/mol. The van der Waals surface area contributed by atoms with E-state index in [4.69, 9.17) is 5.73 Å². The van der Waals surface area contributed by atoms with Crippen molar-refractivity contribution in [2.75, 3.05) is 6.54 Å². The number of halogens is 2. The van der Waals surface area contributed by atoms with Crippen molar-refractivity contribution in [1.29, 1.82) is 0 Å². The highest BCUT2D eigenvalue weighted by molar-refractivity contribution is 9.13. The van der Waals surface area contributed by atoms with Crippen molar-refractivity contribution < 1.29 is 0 Å². The highest BCUT2D eigenvalue weighted by Crippen LogP contribution is 2.39. The third-order valence-corrected chi connectivity index (χ3v) is 7.21. The van der Waals surface area contributed by atoms with Crippen molar-refractivity contribution in [2.24, 2.45) is 10.7 Å². The van der Waals surface area contributed by atoms with E-state index >= 15 is 0 Å². The molecule has 1 unspecified atom stereocenters. The van der Waals surface area contributed by atoms with Crippen molar-refractivity contribution in [3.63, 3.8) is 0 Å². The minimum atomic E-state index is 0.245. The summed E-state index contributed by atoms with van der Waals surface area (Å²) in [6.45, 7) is 1.56. The number of hydrogen-bond donors (Lipinski definition) is 1. The topological polar surface area (TPSA) is 41.6 Å². The molecule has 3 heterocycles. The smallest absolute Gasteiger partial charge is 0.192 e. The maximum absolute atomic E-state index is 6.03. The van der Waals surface area contributed by atoms with E-state index in [0.717, 1.165) is 21.3 Å². The summed E-state index contributed by atoms with van der Waals surface area (Å²) < 4.78 is 2.21. The van der Waals surface area contributed by atoms with Crippen LogP contribution in [0.4, 0.5) is 0 Å². The van der Waals surface area contributed by atoms with Crippen LogP contribution in [-0.2, 0) is 6.54 Å². The van der Waals surface area contributed by atoms with Gasteiger partial charge in [0.2, 0.25) is 0 Å². The van der Waals surface area contributed by atoms with Gasteiger partial charge in [-0.25, -0.2) is 0 Å². The van der Waals surface area contributed by atoms with Crippen LogP contribution in [-0.4, -0.2) is 17.4 Å². The Kier molecular flexibility index (Phi) is 3.98. The zero-order valence-corrected chi connectivity index (χ0v) is 14.7. The fourth-order valence-electron chi connectivity index (χ4n) is 2.06. The quantitative estimate of drug-likeness (QED) is 0.807. The molecule has 3 rings (SSSR count). The van der Waals surface area contributed by atoms with Crippen LogP contribution < -0.4 is 5.73 Å². The van der Waals surface area contributed by atoms with Crippen LogP contribution in [0.15, 0.2) is 36.8 Å². The highest BCUT2D eigenvalue weighted by Gasteiger charge is 2.29. The molecule has 2 aromatic rings. The number of thiophene rings is 2. The van der Waals surface area contributed by atoms with Crippen LogP contribution in [0.3, 0.4) is 0 Å². The zero-order valence-electron chi connectivity index (χ0n) is 9.85. The Hall–Kier alpha value is -0.370. The third-order valence-electron chi connectivity index (χ3n) is 3.00. The summed E-state index contributed by atoms with van der Waals surface area (Å²) in [6, 6.07) is 6.59. The summed E-state index contributed by atoms with van der Waals surface area (Å²) in [7, 11) is 0. The Labute approximate surface area is 136 Å². The summed E-state index contributed by atoms with van der Waals surface area (Å²) in [4.78, 5) is 9.16. The van der Waals surface area contributed by atoms with Crippen LogP contribution in [0.25, 0.3) is 0 Å². The zero-order chi connectivity index (χ0) is 13.4. The molecule has 0 bridgehead atoms. The molecule has 0 spiro atoms. The van der Waals surface area contributed by atoms with Gasteiger partial charge in [0.25, 0.3) is 0 Å². The first-order valence-electron chi connectivity index (χ1n) is 5.69. The van der Waals surface area contributed by atoms with Crippen LogP contribution in [0.1, 0.15) is 15.8 Å². The van der Waals surface area contributed by atoms with Crippen molar-refractivity contribution in [3.05, 3.63) is 41.6 Å². The largest absolute Gasteiger partial charge is 0.370 e. The van der Waals surface area contributed by atoms with E-state index in [1.807, 2.05) is 0 Å². The fourth-order valence-corrected chi connectivity index (χ4v) is 4.96. The maximum atomic E-state index is 6.03. The van der Waals surface area contributed by atoms with Gasteiger partial charge in [-0.05, 0) is 49.4 Å². The lowest BCUT2D eigenvalue weighted by molar-refractivity contribution is 0.347. The standard InChI is InChI=1S/C12H11Br2N3S2/c13-8-4-10(19-11(8)14)9-5-16-12(15)17(9)6-7-2-1-3-18-7/h1-4,9H,5-6H2,(H2,15,16). The summed E-state index contributed by atoms with van der Waals surface area (Å²) >= 11 is 10.6. The summed E-state index contributed by atoms with van der Waals surface area (Å²) in [5.41, 5.74) is 6.03. The maximum Gasteiger partial charge on any atom is 0.192 e. The molecule has 3 nitrogen and oxygen atoms in total.